The Morgan fingerprint density at radius 3 is 2.76 bits per heavy atom. The maximum Gasteiger partial charge on any atom is 0.310 e. The molecule has 0 aliphatic heterocycles. The molecule has 0 spiro atoms. The molecule has 6 nitrogen and oxygen atoms in total. The normalized spacial score (nSPS) is 10.5. The highest BCUT2D eigenvalue weighted by Gasteiger charge is 2.12. The smallest absolute Gasteiger partial charge is 0.310 e. The van der Waals surface area contributed by atoms with Crippen LogP contribution in [0.4, 0.5) is 11.4 Å². The highest BCUT2D eigenvalue weighted by molar-refractivity contribution is 5.59. The Bertz CT molecular complexity index is 366. The molecule has 0 aliphatic carbocycles. The van der Waals surface area contributed by atoms with Gasteiger partial charge in [-0.2, -0.15) is 0 Å². The minimum Gasteiger partial charge on any atom is -0.378 e. The number of aromatic nitrogens is 1. The lowest BCUT2D eigenvalue weighted by molar-refractivity contribution is -0.384. The van der Waals surface area contributed by atoms with Crippen LogP contribution in [0.5, 0.6) is 0 Å². The fourth-order valence-corrected chi connectivity index (χ4v) is 1.57. The first kappa shape index (κ1) is 13.4. The van der Waals surface area contributed by atoms with Gasteiger partial charge in [0.2, 0.25) is 0 Å². The maximum absolute atomic E-state index is 10.7. The summed E-state index contributed by atoms with van der Waals surface area (Å²) in [6, 6.07) is 1.63. The molecule has 94 valence electrons. The van der Waals surface area contributed by atoms with Gasteiger partial charge in [-0.1, -0.05) is 13.8 Å². The van der Waals surface area contributed by atoms with Gasteiger partial charge in [0.25, 0.3) is 0 Å². The average molecular weight is 238 g/mol. The van der Waals surface area contributed by atoms with Crippen LogP contribution in [0.15, 0.2) is 18.5 Å². The number of nitrogens with zero attached hydrogens (tertiary/aromatic N) is 3. The lowest BCUT2D eigenvalue weighted by Crippen LogP contribution is -2.28. The van der Waals surface area contributed by atoms with E-state index < -0.39 is 4.92 Å². The third-order valence-electron chi connectivity index (χ3n) is 2.63. The van der Waals surface area contributed by atoms with Crippen molar-refractivity contribution < 1.29 is 4.92 Å². The Kier molecular flexibility index (Phi) is 5.35. The van der Waals surface area contributed by atoms with Crippen LogP contribution >= 0.6 is 0 Å². The fourth-order valence-electron chi connectivity index (χ4n) is 1.57. The molecule has 0 aromatic carbocycles. The van der Waals surface area contributed by atoms with Gasteiger partial charge in [-0.25, -0.2) is 0 Å². The van der Waals surface area contributed by atoms with Crippen LogP contribution in [0.3, 0.4) is 0 Å². The van der Waals surface area contributed by atoms with Crippen molar-refractivity contribution in [1.82, 2.24) is 9.88 Å². The zero-order chi connectivity index (χ0) is 12.7. The minimum atomic E-state index is -0.424. The molecule has 0 atom stereocenters. The standard InChI is InChI=1S/C11H18N4O2/c1-3-14(4-2)8-7-13-10-5-6-12-9-11(10)15(16)17/h5-6,9H,3-4,7-8H2,1-2H3,(H,12,13). The van der Waals surface area contributed by atoms with Crippen LogP contribution in [0.1, 0.15) is 13.8 Å². The molecule has 0 radical (unpaired) electrons. The molecule has 1 aromatic heterocycles. The predicted octanol–water partition coefficient (Wildman–Crippen LogP) is 1.74. The summed E-state index contributed by atoms with van der Waals surface area (Å²) in [4.78, 5) is 16.3. The number of anilines is 1. The van der Waals surface area contributed by atoms with Crippen molar-refractivity contribution in [2.75, 3.05) is 31.5 Å². The molecular weight excluding hydrogens is 220 g/mol. The molecule has 1 heterocycles. The number of likely N-dealkylation sites (N-methyl/N-ethyl adjacent to an activating group) is 1. The quantitative estimate of drug-likeness (QED) is 0.578. The third-order valence-corrected chi connectivity index (χ3v) is 2.63. The fraction of sp³-hybridized carbons (Fsp3) is 0.545. The van der Waals surface area contributed by atoms with E-state index in [9.17, 15) is 10.1 Å². The number of nitro groups is 1. The first-order valence-electron chi connectivity index (χ1n) is 5.73. The van der Waals surface area contributed by atoms with Crippen LogP contribution in [-0.2, 0) is 0 Å². The lowest BCUT2D eigenvalue weighted by Gasteiger charge is -2.18. The molecule has 0 aliphatic rings. The molecule has 1 aromatic rings. The second-order valence-electron chi connectivity index (χ2n) is 3.60. The second kappa shape index (κ2) is 6.80. The van der Waals surface area contributed by atoms with Crippen molar-refractivity contribution in [3.05, 3.63) is 28.6 Å². The monoisotopic (exact) mass is 238 g/mol. The van der Waals surface area contributed by atoms with Gasteiger partial charge in [0.05, 0.1) is 4.92 Å². The summed E-state index contributed by atoms with van der Waals surface area (Å²) in [6.45, 7) is 7.71. The van der Waals surface area contributed by atoms with Crippen LogP contribution in [0.2, 0.25) is 0 Å². The third kappa shape index (κ3) is 3.99. The largest absolute Gasteiger partial charge is 0.378 e. The number of pyridine rings is 1. The van der Waals surface area contributed by atoms with E-state index in [-0.39, 0.29) is 5.69 Å². The van der Waals surface area contributed by atoms with E-state index in [0.29, 0.717) is 12.2 Å². The second-order valence-corrected chi connectivity index (χ2v) is 3.60. The summed E-state index contributed by atoms with van der Waals surface area (Å²) >= 11 is 0. The van der Waals surface area contributed by atoms with Crippen molar-refractivity contribution in [3.8, 4) is 0 Å². The van der Waals surface area contributed by atoms with E-state index in [1.807, 2.05) is 0 Å². The van der Waals surface area contributed by atoms with Gasteiger partial charge in [-0.05, 0) is 19.2 Å². The Labute approximate surface area is 101 Å². The van der Waals surface area contributed by atoms with Crippen LogP contribution in [0.25, 0.3) is 0 Å². The van der Waals surface area contributed by atoms with Crippen LogP contribution in [-0.4, -0.2) is 41.0 Å². The summed E-state index contributed by atoms with van der Waals surface area (Å²) in [5.74, 6) is 0. The molecular formula is C11H18N4O2. The van der Waals surface area contributed by atoms with Gasteiger partial charge in [0.15, 0.2) is 0 Å². The zero-order valence-electron chi connectivity index (χ0n) is 10.2. The van der Waals surface area contributed by atoms with E-state index in [0.717, 1.165) is 19.6 Å². The van der Waals surface area contributed by atoms with Crippen molar-refractivity contribution in [1.29, 1.82) is 0 Å². The van der Waals surface area contributed by atoms with Gasteiger partial charge < -0.3 is 10.2 Å². The topological polar surface area (TPSA) is 71.3 Å². The van der Waals surface area contributed by atoms with Crippen molar-refractivity contribution in [2.45, 2.75) is 13.8 Å². The SMILES string of the molecule is CCN(CC)CCNc1ccncc1[N+](=O)[O-]. The van der Waals surface area contributed by atoms with Crippen molar-refractivity contribution in [2.24, 2.45) is 0 Å². The van der Waals surface area contributed by atoms with E-state index in [1.165, 1.54) is 6.20 Å². The maximum atomic E-state index is 10.7. The van der Waals surface area contributed by atoms with Gasteiger partial charge in [0, 0.05) is 19.3 Å². The molecule has 0 saturated heterocycles. The summed E-state index contributed by atoms with van der Waals surface area (Å²) < 4.78 is 0. The van der Waals surface area contributed by atoms with E-state index in [4.69, 9.17) is 0 Å². The molecule has 1 rings (SSSR count). The Morgan fingerprint density at radius 1 is 1.47 bits per heavy atom. The van der Waals surface area contributed by atoms with Gasteiger partial charge >= 0.3 is 5.69 Å². The molecule has 0 fully saturated rings. The van der Waals surface area contributed by atoms with Gasteiger partial charge in [-0.15, -0.1) is 0 Å². The van der Waals surface area contributed by atoms with E-state index in [2.05, 4.69) is 29.0 Å². The number of nitrogens with one attached hydrogen (secondary N) is 1. The molecule has 0 unspecified atom stereocenters. The predicted molar refractivity (Wildman–Crippen MR) is 67.2 cm³/mol. The number of hydrogen-bond donors (Lipinski definition) is 1. The first-order chi connectivity index (χ1) is 8.19. The Morgan fingerprint density at radius 2 is 2.18 bits per heavy atom. The number of rotatable bonds is 7. The molecule has 0 saturated carbocycles. The highest BCUT2D eigenvalue weighted by atomic mass is 16.6. The van der Waals surface area contributed by atoms with Gasteiger partial charge in [0.1, 0.15) is 11.9 Å². The zero-order valence-corrected chi connectivity index (χ0v) is 10.2. The van der Waals surface area contributed by atoms with Crippen molar-refractivity contribution >= 4 is 11.4 Å². The van der Waals surface area contributed by atoms with E-state index >= 15 is 0 Å². The summed E-state index contributed by atoms with van der Waals surface area (Å²) in [6.07, 6.45) is 2.81. The van der Waals surface area contributed by atoms with E-state index in [1.54, 1.807) is 12.3 Å². The summed E-state index contributed by atoms with van der Waals surface area (Å²) in [5, 5.41) is 13.8. The Balaban J connectivity index is 2.54. The number of hydrogen-bond acceptors (Lipinski definition) is 5. The molecule has 6 heteroatoms. The average Bonchev–Trinajstić information content (AvgIpc) is 2.35. The lowest BCUT2D eigenvalue weighted by atomic mass is 10.3. The molecule has 0 amide bonds. The van der Waals surface area contributed by atoms with Crippen LogP contribution < -0.4 is 5.32 Å². The van der Waals surface area contributed by atoms with Crippen LogP contribution in [0, 0.1) is 10.1 Å². The molecule has 17 heavy (non-hydrogen) atoms. The Hall–Kier alpha value is -1.69. The summed E-state index contributed by atoms with van der Waals surface area (Å²) in [5.41, 5.74) is 0.546. The van der Waals surface area contributed by atoms with Crippen molar-refractivity contribution in [3.63, 3.8) is 0 Å². The summed E-state index contributed by atoms with van der Waals surface area (Å²) in [7, 11) is 0. The highest BCUT2D eigenvalue weighted by Crippen LogP contribution is 2.21. The van der Waals surface area contributed by atoms with Gasteiger partial charge in [-0.3, -0.25) is 15.1 Å². The molecule has 1 N–H and O–H groups in total. The molecule has 0 bridgehead atoms. The first-order valence-corrected chi connectivity index (χ1v) is 5.73. The minimum absolute atomic E-state index is 0.0204.